The van der Waals surface area contributed by atoms with Crippen LogP contribution in [0.3, 0.4) is 0 Å². The Morgan fingerprint density at radius 1 is 1.24 bits per heavy atom. The molecule has 0 bridgehead atoms. The van der Waals surface area contributed by atoms with Gasteiger partial charge in [-0.2, -0.15) is 0 Å². The molecule has 1 aliphatic rings. The van der Waals surface area contributed by atoms with Crippen LogP contribution in [0.15, 0.2) is 18.2 Å². The first-order valence-corrected chi connectivity index (χ1v) is 8.54. The van der Waals surface area contributed by atoms with E-state index in [4.69, 9.17) is 9.47 Å². The summed E-state index contributed by atoms with van der Waals surface area (Å²) in [6, 6.07) is 5.22. The topological polar surface area (TPSA) is 79.9 Å². The fraction of sp³-hybridized carbons (Fsp3) is 0.556. The van der Waals surface area contributed by atoms with Crippen LogP contribution in [0.1, 0.15) is 24.8 Å². The second-order valence-corrected chi connectivity index (χ2v) is 6.33. The average molecular weight is 349 g/mol. The van der Waals surface area contributed by atoms with Crippen LogP contribution in [0.5, 0.6) is 0 Å². The van der Waals surface area contributed by atoms with Gasteiger partial charge in [0.15, 0.2) is 0 Å². The smallest absolute Gasteiger partial charge is 0.321 e. The molecule has 3 amide bonds. The number of rotatable bonds is 6. The summed E-state index contributed by atoms with van der Waals surface area (Å²) in [5, 5.41) is 5.65. The molecule has 0 saturated carbocycles. The van der Waals surface area contributed by atoms with Crippen LogP contribution in [-0.2, 0) is 14.3 Å². The molecule has 1 aliphatic heterocycles. The van der Waals surface area contributed by atoms with Crippen molar-refractivity contribution in [1.29, 1.82) is 0 Å². The molecule has 1 saturated heterocycles. The zero-order valence-electron chi connectivity index (χ0n) is 15.1. The van der Waals surface area contributed by atoms with Gasteiger partial charge in [0, 0.05) is 38.7 Å². The number of carbonyl (C=O) groups is 2. The molecule has 1 aromatic carbocycles. The van der Waals surface area contributed by atoms with E-state index in [-0.39, 0.29) is 18.0 Å². The summed E-state index contributed by atoms with van der Waals surface area (Å²) >= 11 is 0. The zero-order valence-corrected chi connectivity index (χ0v) is 15.1. The molecule has 0 radical (unpaired) electrons. The third-order valence-corrected chi connectivity index (χ3v) is 4.02. The molecule has 1 heterocycles. The summed E-state index contributed by atoms with van der Waals surface area (Å²) in [6.45, 7) is 3.74. The second-order valence-electron chi connectivity index (χ2n) is 6.33. The van der Waals surface area contributed by atoms with Gasteiger partial charge in [-0.1, -0.05) is 6.07 Å². The highest BCUT2D eigenvalue weighted by molar-refractivity contribution is 5.94. The van der Waals surface area contributed by atoms with E-state index in [0.29, 0.717) is 24.4 Å². The standard InChI is InChI=1S/C18H27N3O4/c1-13-4-5-14(12-16(13)20-18(23)21(2)3)19-17(22)8-11-25-15-6-9-24-10-7-15/h4-5,12,15H,6-11H2,1-3H3,(H,19,22)(H,20,23). The van der Waals surface area contributed by atoms with E-state index < -0.39 is 0 Å². The Hall–Kier alpha value is -2.12. The summed E-state index contributed by atoms with van der Waals surface area (Å²) in [5.41, 5.74) is 2.25. The molecule has 0 spiro atoms. The monoisotopic (exact) mass is 349 g/mol. The lowest BCUT2D eigenvalue weighted by atomic mass is 10.1. The van der Waals surface area contributed by atoms with Gasteiger partial charge in [-0.25, -0.2) is 4.79 Å². The number of urea groups is 1. The van der Waals surface area contributed by atoms with E-state index in [9.17, 15) is 9.59 Å². The minimum absolute atomic E-state index is 0.110. The SMILES string of the molecule is Cc1ccc(NC(=O)CCOC2CCOCC2)cc1NC(=O)N(C)C. The molecule has 0 aliphatic carbocycles. The van der Waals surface area contributed by atoms with Crippen molar-refractivity contribution in [2.75, 3.05) is 44.5 Å². The Labute approximate surface area is 148 Å². The van der Waals surface area contributed by atoms with Gasteiger partial charge in [0.05, 0.1) is 19.1 Å². The molecule has 7 nitrogen and oxygen atoms in total. The first-order chi connectivity index (χ1) is 12.0. The van der Waals surface area contributed by atoms with Crippen molar-refractivity contribution in [1.82, 2.24) is 4.90 Å². The van der Waals surface area contributed by atoms with Gasteiger partial charge in [-0.15, -0.1) is 0 Å². The number of nitrogens with zero attached hydrogens (tertiary/aromatic N) is 1. The summed E-state index contributed by atoms with van der Waals surface area (Å²) in [4.78, 5) is 25.3. The van der Waals surface area contributed by atoms with Crippen molar-refractivity contribution in [3.8, 4) is 0 Å². The summed E-state index contributed by atoms with van der Waals surface area (Å²) < 4.78 is 11.0. The molecule has 7 heteroatoms. The van der Waals surface area contributed by atoms with Crippen LogP contribution >= 0.6 is 0 Å². The largest absolute Gasteiger partial charge is 0.381 e. The lowest BCUT2D eigenvalue weighted by molar-refractivity contribution is -0.118. The molecule has 0 unspecified atom stereocenters. The van der Waals surface area contributed by atoms with Gasteiger partial charge in [0.1, 0.15) is 0 Å². The maximum Gasteiger partial charge on any atom is 0.321 e. The van der Waals surface area contributed by atoms with Crippen molar-refractivity contribution in [2.24, 2.45) is 0 Å². The van der Waals surface area contributed by atoms with Gasteiger partial charge < -0.3 is 25.0 Å². The molecule has 138 valence electrons. The van der Waals surface area contributed by atoms with Gasteiger partial charge in [-0.3, -0.25) is 4.79 Å². The first-order valence-electron chi connectivity index (χ1n) is 8.54. The number of hydrogen-bond acceptors (Lipinski definition) is 4. The van der Waals surface area contributed by atoms with Crippen molar-refractivity contribution in [2.45, 2.75) is 32.3 Å². The molecule has 1 fully saturated rings. The van der Waals surface area contributed by atoms with Crippen molar-refractivity contribution in [3.63, 3.8) is 0 Å². The van der Waals surface area contributed by atoms with E-state index in [1.165, 1.54) is 4.90 Å². The maximum atomic E-state index is 12.1. The fourth-order valence-corrected chi connectivity index (χ4v) is 2.45. The minimum Gasteiger partial charge on any atom is -0.381 e. The number of amides is 3. The Balaban J connectivity index is 1.82. The molecular formula is C18H27N3O4. The first kappa shape index (κ1) is 19.2. The van der Waals surface area contributed by atoms with Gasteiger partial charge in [-0.05, 0) is 37.5 Å². The third kappa shape index (κ3) is 6.36. The Morgan fingerprint density at radius 3 is 2.64 bits per heavy atom. The number of anilines is 2. The fourth-order valence-electron chi connectivity index (χ4n) is 2.45. The van der Waals surface area contributed by atoms with Crippen LogP contribution in [0.2, 0.25) is 0 Å². The van der Waals surface area contributed by atoms with Crippen LogP contribution < -0.4 is 10.6 Å². The quantitative estimate of drug-likeness (QED) is 0.827. The predicted octanol–water partition coefficient (Wildman–Crippen LogP) is 2.61. The van der Waals surface area contributed by atoms with Crippen molar-refractivity contribution in [3.05, 3.63) is 23.8 Å². The average Bonchev–Trinajstić information content (AvgIpc) is 2.58. The summed E-state index contributed by atoms with van der Waals surface area (Å²) in [6.07, 6.45) is 2.25. The highest BCUT2D eigenvalue weighted by atomic mass is 16.5. The third-order valence-electron chi connectivity index (χ3n) is 4.02. The maximum absolute atomic E-state index is 12.1. The lowest BCUT2D eigenvalue weighted by Crippen LogP contribution is -2.27. The number of carbonyl (C=O) groups excluding carboxylic acids is 2. The van der Waals surface area contributed by atoms with Crippen molar-refractivity contribution >= 4 is 23.3 Å². The van der Waals surface area contributed by atoms with Crippen LogP contribution in [0, 0.1) is 6.92 Å². The molecule has 25 heavy (non-hydrogen) atoms. The molecular weight excluding hydrogens is 322 g/mol. The normalized spacial score (nSPS) is 14.8. The van der Waals surface area contributed by atoms with Crippen LogP contribution in [0.4, 0.5) is 16.2 Å². The van der Waals surface area contributed by atoms with Crippen molar-refractivity contribution < 1.29 is 19.1 Å². The number of nitrogens with one attached hydrogen (secondary N) is 2. The molecule has 1 aromatic rings. The molecule has 2 N–H and O–H groups in total. The number of hydrogen-bond donors (Lipinski definition) is 2. The Kier molecular flexibility index (Phi) is 7.21. The minimum atomic E-state index is -0.212. The predicted molar refractivity (Wildman–Crippen MR) is 96.9 cm³/mol. The Bertz CT molecular complexity index is 598. The highest BCUT2D eigenvalue weighted by Crippen LogP contribution is 2.21. The van der Waals surface area contributed by atoms with Crippen LogP contribution in [0.25, 0.3) is 0 Å². The van der Waals surface area contributed by atoms with E-state index in [0.717, 1.165) is 31.6 Å². The summed E-state index contributed by atoms with van der Waals surface area (Å²) in [7, 11) is 3.35. The Morgan fingerprint density at radius 2 is 1.96 bits per heavy atom. The molecule has 2 rings (SSSR count). The molecule has 0 aromatic heterocycles. The van der Waals surface area contributed by atoms with Gasteiger partial charge in [0.2, 0.25) is 5.91 Å². The molecule has 0 atom stereocenters. The van der Waals surface area contributed by atoms with Gasteiger partial charge in [0.25, 0.3) is 0 Å². The summed E-state index contributed by atoms with van der Waals surface area (Å²) in [5.74, 6) is -0.110. The zero-order chi connectivity index (χ0) is 18.2. The van der Waals surface area contributed by atoms with Crippen LogP contribution in [-0.4, -0.2) is 56.9 Å². The number of aryl methyl sites for hydroxylation is 1. The van der Waals surface area contributed by atoms with E-state index in [1.807, 2.05) is 19.1 Å². The second kappa shape index (κ2) is 9.39. The lowest BCUT2D eigenvalue weighted by Gasteiger charge is -2.22. The van der Waals surface area contributed by atoms with Gasteiger partial charge >= 0.3 is 6.03 Å². The number of benzene rings is 1. The number of ether oxygens (including phenoxy) is 2. The highest BCUT2D eigenvalue weighted by Gasteiger charge is 2.14. The van der Waals surface area contributed by atoms with E-state index in [1.54, 1.807) is 20.2 Å². The van der Waals surface area contributed by atoms with E-state index >= 15 is 0 Å². The van der Waals surface area contributed by atoms with E-state index in [2.05, 4.69) is 10.6 Å².